The topological polar surface area (TPSA) is 24.9 Å². The van der Waals surface area contributed by atoms with E-state index in [0.717, 1.165) is 11.8 Å². The van der Waals surface area contributed by atoms with Gasteiger partial charge in [0.2, 0.25) is 0 Å². The minimum atomic E-state index is 0.660. The van der Waals surface area contributed by atoms with Crippen molar-refractivity contribution in [3.05, 3.63) is 36.7 Å². The number of pyridine rings is 1. The van der Waals surface area contributed by atoms with Gasteiger partial charge in [0.15, 0.2) is 0 Å². The van der Waals surface area contributed by atoms with E-state index in [4.69, 9.17) is 0 Å². The smallest absolute Gasteiger partial charge is 0.0423 e. The first kappa shape index (κ1) is 12.2. The molecule has 2 aliphatic carbocycles. The lowest BCUT2D eigenvalue weighted by atomic mass is 9.82. The van der Waals surface area contributed by atoms with Crippen molar-refractivity contribution < 1.29 is 0 Å². The molecule has 1 N–H and O–H groups in total. The van der Waals surface area contributed by atoms with Crippen molar-refractivity contribution in [2.24, 2.45) is 11.8 Å². The molecule has 0 amide bonds. The van der Waals surface area contributed by atoms with Crippen LogP contribution in [0.4, 0.5) is 5.69 Å². The van der Waals surface area contributed by atoms with Crippen LogP contribution in [0, 0.1) is 11.8 Å². The van der Waals surface area contributed by atoms with Crippen molar-refractivity contribution in [3.63, 3.8) is 0 Å². The van der Waals surface area contributed by atoms with Gasteiger partial charge in [-0.1, -0.05) is 25.0 Å². The minimum absolute atomic E-state index is 0.660. The van der Waals surface area contributed by atoms with Crippen molar-refractivity contribution >= 4 is 16.5 Å². The lowest BCUT2D eigenvalue weighted by Crippen LogP contribution is -2.28. The van der Waals surface area contributed by atoms with E-state index in [1.54, 1.807) is 0 Å². The maximum Gasteiger partial charge on any atom is 0.0423 e. The van der Waals surface area contributed by atoms with Crippen LogP contribution in [-0.4, -0.2) is 11.0 Å². The first-order chi connectivity index (χ1) is 9.90. The van der Waals surface area contributed by atoms with Crippen LogP contribution in [-0.2, 0) is 0 Å². The summed E-state index contributed by atoms with van der Waals surface area (Å²) in [5.41, 5.74) is 1.28. The number of rotatable bonds is 3. The number of fused-ring (bicyclic) bond motifs is 1. The van der Waals surface area contributed by atoms with Crippen molar-refractivity contribution in [1.82, 2.24) is 4.98 Å². The number of aromatic nitrogens is 1. The van der Waals surface area contributed by atoms with Crippen LogP contribution in [0.2, 0.25) is 0 Å². The van der Waals surface area contributed by atoms with Gasteiger partial charge in [-0.25, -0.2) is 0 Å². The zero-order valence-corrected chi connectivity index (χ0v) is 11.9. The molecule has 0 bridgehead atoms. The van der Waals surface area contributed by atoms with Gasteiger partial charge in [-0.2, -0.15) is 0 Å². The molecule has 104 valence electrons. The highest BCUT2D eigenvalue weighted by Gasteiger charge is 2.34. The molecule has 0 radical (unpaired) electrons. The van der Waals surface area contributed by atoms with E-state index >= 15 is 0 Å². The van der Waals surface area contributed by atoms with Crippen LogP contribution in [0.25, 0.3) is 10.8 Å². The first-order valence-electron chi connectivity index (χ1n) is 7.99. The van der Waals surface area contributed by atoms with Gasteiger partial charge in [0.05, 0.1) is 0 Å². The molecule has 0 aliphatic heterocycles. The summed E-state index contributed by atoms with van der Waals surface area (Å²) >= 11 is 0. The molecule has 0 spiro atoms. The third kappa shape index (κ3) is 2.39. The number of nitrogens with zero attached hydrogens (tertiary/aromatic N) is 1. The molecule has 2 unspecified atom stereocenters. The summed E-state index contributed by atoms with van der Waals surface area (Å²) in [6.07, 6.45) is 12.4. The Hall–Kier alpha value is -1.57. The molecule has 1 aromatic heterocycles. The normalized spacial score (nSPS) is 26.6. The summed E-state index contributed by atoms with van der Waals surface area (Å²) in [4.78, 5) is 4.22. The van der Waals surface area contributed by atoms with E-state index < -0.39 is 0 Å². The summed E-state index contributed by atoms with van der Waals surface area (Å²) < 4.78 is 0. The second kappa shape index (κ2) is 5.08. The average molecular weight is 266 g/mol. The van der Waals surface area contributed by atoms with Crippen LogP contribution in [0.3, 0.4) is 0 Å². The molecule has 1 aromatic carbocycles. The molecule has 2 saturated carbocycles. The van der Waals surface area contributed by atoms with Gasteiger partial charge in [-0.15, -0.1) is 0 Å². The van der Waals surface area contributed by atoms with Gasteiger partial charge >= 0.3 is 0 Å². The van der Waals surface area contributed by atoms with Crippen LogP contribution in [0.1, 0.15) is 38.5 Å². The number of nitrogens with one attached hydrogen (secondary N) is 1. The number of hydrogen-bond acceptors (Lipinski definition) is 2. The van der Waals surface area contributed by atoms with Crippen LogP contribution in [0.15, 0.2) is 36.7 Å². The van der Waals surface area contributed by atoms with Crippen molar-refractivity contribution in [1.29, 1.82) is 0 Å². The minimum Gasteiger partial charge on any atom is -0.382 e. The lowest BCUT2D eigenvalue weighted by molar-refractivity contribution is 0.303. The third-order valence-corrected chi connectivity index (χ3v) is 5.04. The lowest BCUT2D eigenvalue weighted by Gasteiger charge is -2.31. The molecular weight excluding hydrogens is 244 g/mol. The Morgan fingerprint density at radius 2 is 1.95 bits per heavy atom. The molecule has 0 saturated heterocycles. The Morgan fingerprint density at radius 3 is 2.85 bits per heavy atom. The van der Waals surface area contributed by atoms with E-state index in [1.165, 1.54) is 55.0 Å². The zero-order chi connectivity index (χ0) is 13.4. The van der Waals surface area contributed by atoms with Gasteiger partial charge in [-0.3, -0.25) is 4.98 Å². The monoisotopic (exact) mass is 266 g/mol. The van der Waals surface area contributed by atoms with Gasteiger partial charge in [-0.05, 0) is 49.7 Å². The molecule has 2 fully saturated rings. The third-order valence-electron chi connectivity index (χ3n) is 5.04. The maximum atomic E-state index is 4.22. The van der Waals surface area contributed by atoms with E-state index in [2.05, 4.69) is 34.6 Å². The molecular formula is C18H22N2. The van der Waals surface area contributed by atoms with Crippen LogP contribution in [0.5, 0.6) is 0 Å². The Bertz CT molecular complexity index is 598. The van der Waals surface area contributed by atoms with Crippen molar-refractivity contribution in [2.45, 2.75) is 44.6 Å². The summed E-state index contributed by atoms with van der Waals surface area (Å²) in [6.45, 7) is 0. The van der Waals surface area contributed by atoms with E-state index in [1.807, 2.05) is 12.4 Å². The maximum absolute atomic E-state index is 4.22. The summed E-state index contributed by atoms with van der Waals surface area (Å²) in [6, 6.07) is 9.27. The average Bonchev–Trinajstić information content (AvgIpc) is 3.33. The molecule has 2 atom stereocenters. The molecule has 2 heteroatoms. The molecule has 4 rings (SSSR count). The highest BCUT2D eigenvalue weighted by atomic mass is 14.9. The standard InChI is InChI=1S/C18H22N2/c1-3-14(13-7-8-13)11-16(5-1)20-18-6-2-4-15-12-19-10-9-17(15)18/h2,4,6,9-10,12-14,16,20H,1,3,5,7-8,11H2. The highest BCUT2D eigenvalue weighted by Crippen LogP contribution is 2.44. The van der Waals surface area contributed by atoms with E-state index in [9.17, 15) is 0 Å². The molecule has 1 heterocycles. The predicted molar refractivity (Wildman–Crippen MR) is 83.8 cm³/mol. The largest absolute Gasteiger partial charge is 0.382 e. The Balaban J connectivity index is 1.54. The van der Waals surface area contributed by atoms with Crippen LogP contribution < -0.4 is 5.32 Å². The fraction of sp³-hybridized carbons (Fsp3) is 0.500. The zero-order valence-electron chi connectivity index (χ0n) is 11.9. The molecule has 2 aromatic rings. The highest BCUT2D eigenvalue weighted by molar-refractivity contribution is 5.93. The molecule has 20 heavy (non-hydrogen) atoms. The SMILES string of the molecule is c1cc(NC2CCCC(C3CC3)C2)c2ccncc2c1. The quantitative estimate of drug-likeness (QED) is 0.877. The Labute approximate surface area is 120 Å². The van der Waals surface area contributed by atoms with Crippen molar-refractivity contribution in [3.8, 4) is 0 Å². The summed E-state index contributed by atoms with van der Waals surface area (Å²) in [5.74, 6) is 2.04. The fourth-order valence-electron chi connectivity index (χ4n) is 3.82. The first-order valence-corrected chi connectivity index (χ1v) is 7.99. The molecule has 2 aliphatic rings. The number of anilines is 1. The van der Waals surface area contributed by atoms with Crippen LogP contribution >= 0.6 is 0 Å². The van der Waals surface area contributed by atoms with Crippen molar-refractivity contribution in [2.75, 3.05) is 5.32 Å². The van der Waals surface area contributed by atoms with Gasteiger partial charge in [0.1, 0.15) is 0 Å². The van der Waals surface area contributed by atoms with Gasteiger partial charge in [0, 0.05) is 34.9 Å². The number of hydrogen-bond donors (Lipinski definition) is 1. The number of benzene rings is 1. The van der Waals surface area contributed by atoms with E-state index in [-0.39, 0.29) is 0 Å². The predicted octanol–water partition coefficient (Wildman–Crippen LogP) is 4.62. The molecule has 2 nitrogen and oxygen atoms in total. The second-order valence-electron chi connectivity index (χ2n) is 6.51. The van der Waals surface area contributed by atoms with Gasteiger partial charge < -0.3 is 5.32 Å². The van der Waals surface area contributed by atoms with Gasteiger partial charge in [0.25, 0.3) is 0 Å². The Kier molecular flexibility index (Phi) is 3.10. The van der Waals surface area contributed by atoms with E-state index in [0.29, 0.717) is 6.04 Å². The Morgan fingerprint density at radius 1 is 1.00 bits per heavy atom. The summed E-state index contributed by atoms with van der Waals surface area (Å²) in [7, 11) is 0. The second-order valence-corrected chi connectivity index (χ2v) is 6.51. The fourth-order valence-corrected chi connectivity index (χ4v) is 3.82. The summed E-state index contributed by atoms with van der Waals surface area (Å²) in [5, 5.41) is 6.34.